The molecule has 0 aromatic carbocycles. The Kier molecular flexibility index (Phi) is 2.72. The zero-order valence-corrected chi connectivity index (χ0v) is 9.56. The second-order valence-corrected chi connectivity index (χ2v) is 4.58. The Morgan fingerprint density at radius 2 is 2.44 bits per heavy atom. The summed E-state index contributed by atoms with van der Waals surface area (Å²) >= 11 is 0. The summed E-state index contributed by atoms with van der Waals surface area (Å²) in [5.41, 5.74) is -0.638. The minimum atomic E-state index is -0.976. The van der Waals surface area contributed by atoms with Gasteiger partial charge in [-0.2, -0.15) is 0 Å². The topological polar surface area (TPSA) is 52.6 Å². The number of hydrogen-bond donors (Lipinski definition) is 0. The van der Waals surface area contributed by atoms with Crippen molar-refractivity contribution < 1.29 is 19.1 Å². The van der Waals surface area contributed by atoms with Crippen molar-refractivity contribution in [2.75, 3.05) is 7.11 Å². The standard InChI is InChI=1S/C12H16O4/c1-11-6-3-9(5-8-13)16-12(11,15-2)7-4-10(11)14/h4,7-9H,3,5-6H2,1-2H3/t9-,11+,12-/m0/s1. The fraction of sp³-hybridized carbons (Fsp3) is 0.667. The molecule has 0 amide bonds. The molecule has 4 nitrogen and oxygen atoms in total. The number of rotatable bonds is 3. The van der Waals surface area contributed by atoms with Crippen LogP contribution in [0.5, 0.6) is 0 Å². The highest BCUT2D eigenvalue weighted by molar-refractivity contribution is 5.98. The van der Waals surface area contributed by atoms with Gasteiger partial charge in [0.2, 0.25) is 5.79 Å². The van der Waals surface area contributed by atoms with Crippen LogP contribution < -0.4 is 0 Å². The third-order valence-corrected chi connectivity index (χ3v) is 3.74. The molecule has 0 aromatic heterocycles. The fourth-order valence-corrected chi connectivity index (χ4v) is 2.56. The Hall–Kier alpha value is -1.00. The zero-order chi connectivity index (χ0) is 11.8. The number of carbonyl (C=O) groups excluding carboxylic acids is 2. The van der Waals surface area contributed by atoms with Crippen molar-refractivity contribution in [2.45, 2.75) is 38.1 Å². The highest BCUT2D eigenvalue weighted by atomic mass is 16.7. The maximum Gasteiger partial charge on any atom is 0.201 e. The lowest BCUT2D eigenvalue weighted by Crippen LogP contribution is -2.55. The van der Waals surface area contributed by atoms with E-state index in [1.807, 2.05) is 6.92 Å². The van der Waals surface area contributed by atoms with E-state index in [-0.39, 0.29) is 11.9 Å². The van der Waals surface area contributed by atoms with Gasteiger partial charge in [-0.1, -0.05) is 0 Å². The number of carbonyl (C=O) groups is 2. The maximum absolute atomic E-state index is 11.8. The van der Waals surface area contributed by atoms with Crippen LogP contribution in [-0.2, 0) is 19.1 Å². The van der Waals surface area contributed by atoms with Crippen LogP contribution in [0.4, 0.5) is 0 Å². The number of methoxy groups -OCH3 is 1. The predicted octanol–water partition coefficient (Wildman–Crippen LogP) is 1.24. The molecule has 0 aromatic rings. The minimum Gasteiger partial charge on any atom is -0.349 e. The summed E-state index contributed by atoms with van der Waals surface area (Å²) in [5.74, 6) is -0.936. The van der Waals surface area contributed by atoms with Gasteiger partial charge in [-0.25, -0.2) is 0 Å². The molecule has 88 valence electrons. The Balaban J connectivity index is 2.28. The molecule has 1 aliphatic carbocycles. The molecule has 3 atom stereocenters. The predicted molar refractivity (Wildman–Crippen MR) is 56.8 cm³/mol. The quantitative estimate of drug-likeness (QED) is 0.677. The number of fused-ring (bicyclic) bond motifs is 1. The maximum atomic E-state index is 11.8. The molecule has 2 aliphatic rings. The van der Waals surface area contributed by atoms with Crippen LogP contribution in [0.3, 0.4) is 0 Å². The van der Waals surface area contributed by atoms with Crippen molar-refractivity contribution in [3.63, 3.8) is 0 Å². The van der Waals surface area contributed by atoms with Crippen molar-refractivity contribution >= 4 is 12.1 Å². The SMILES string of the molecule is CO[C@]12C=CC(=O)[C@@]1(C)CC[C@@H](CC=O)O2. The largest absolute Gasteiger partial charge is 0.349 e. The van der Waals surface area contributed by atoms with Gasteiger partial charge in [0.15, 0.2) is 5.78 Å². The van der Waals surface area contributed by atoms with Crippen LogP contribution >= 0.6 is 0 Å². The summed E-state index contributed by atoms with van der Waals surface area (Å²) in [6, 6.07) is 0. The number of hydrogen-bond acceptors (Lipinski definition) is 4. The van der Waals surface area contributed by atoms with Crippen molar-refractivity contribution in [1.29, 1.82) is 0 Å². The van der Waals surface area contributed by atoms with E-state index in [0.717, 1.165) is 6.29 Å². The highest BCUT2D eigenvalue weighted by Gasteiger charge is 2.59. The first kappa shape index (κ1) is 11.5. The summed E-state index contributed by atoms with van der Waals surface area (Å²) < 4.78 is 11.2. The average molecular weight is 224 g/mol. The van der Waals surface area contributed by atoms with Crippen LogP contribution in [0.15, 0.2) is 12.2 Å². The summed E-state index contributed by atoms with van der Waals surface area (Å²) in [5, 5.41) is 0. The van der Waals surface area contributed by atoms with Gasteiger partial charge < -0.3 is 14.3 Å². The summed E-state index contributed by atoms with van der Waals surface area (Å²) in [4.78, 5) is 22.3. The molecule has 1 fully saturated rings. The van der Waals surface area contributed by atoms with E-state index in [9.17, 15) is 9.59 Å². The minimum absolute atomic E-state index is 0.0407. The molecule has 0 bridgehead atoms. The Labute approximate surface area is 94.6 Å². The molecule has 0 N–H and O–H groups in total. The van der Waals surface area contributed by atoms with E-state index >= 15 is 0 Å². The van der Waals surface area contributed by atoms with Gasteiger partial charge in [-0.05, 0) is 31.9 Å². The summed E-state index contributed by atoms with van der Waals surface area (Å²) in [6.45, 7) is 1.86. The molecule has 16 heavy (non-hydrogen) atoms. The Bertz CT molecular complexity index is 349. The molecular weight excluding hydrogens is 208 g/mol. The Morgan fingerprint density at radius 3 is 3.06 bits per heavy atom. The summed E-state index contributed by atoms with van der Waals surface area (Å²) in [7, 11) is 1.53. The first-order valence-electron chi connectivity index (χ1n) is 5.48. The average Bonchev–Trinajstić information content (AvgIpc) is 2.54. The number of aldehydes is 1. The molecule has 1 heterocycles. The highest BCUT2D eigenvalue weighted by Crippen LogP contribution is 2.50. The van der Waals surface area contributed by atoms with Crippen molar-refractivity contribution in [1.82, 2.24) is 0 Å². The monoisotopic (exact) mass is 224 g/mol. The van der Waals surface area contributed by atoms with Gasteiger partial charge in [-0.3, -0.25) is 4.79 Å². The number of allylic oxidation sites excluding steroid dienone is 1. The van der Waals surface area contributed by atoms with E-state index < -0.39 is 11.2 Å². The lowest BCUT2D eigenvalue weighted by molar-refractivity contribution is -0.283. The van der Waals surface area contributed by atoms with Crippen LogP contribution in [0, 0.1) is 5.41 Å². The lowest BCUT2D eigenvalue weighted by Gasteiger charge is -2.46. The molecular formula is C12H16O4. The number of ketones is 1. The first-order chi connectivity index (χ1) is 7.58. The van der Waals surface area contributed by atoms with Gasteiger partial charge in [-0.15, -0.1) is 0 Å². The van der Waals surface area contributed by atoms with Crippen molar-refractivity contribution in [3.8, 4) is 0 Å². The summed E-state index contributed by atoms with van der Waals surface area (Å²) in [6.07, 6.45) is 5.64. The van der Waals surface area contributed by atoms with E-state index in [0.29, 0.717) is 19.3 Å². The third kappa shape index (κ3) is 1.37. The third-order valence-electron chi connectivity index (χ3n) is 3.74. The van der Waals surface area contributed by atoms with E-state index in [1.165, 1.54) is 13.2 Å². The van der Waals surface area contributed by atoms with E-state index in [1.54, 1.807) is 6.08 Å². The molecule has 1 aliphatic heterocycles. The van der Waals surface area contributed by atoms with Crippen LogP contribution in [0.25, 0.3) is 0 Å². The van der Waals surface area contributed by atoms with Gasteiger partial charge in [0, 0.05) is 13.5 Å². The Morgan fingerprint density at radius 1 is 1.69 bits per heavy atom. The van der Waals surface area contributed by atoms with Gasteiger partial charge in [0.25, 0.3) is 0 Å². The van der Waals surface area contributed by atoms with Crippen LogP contribution in [-0.4, -0.2) is 31.1 Å². The molecule has 4 heteroatoms. The number of ether oxygens (including phenoxy) is 2. The molecule has 0 spiro atoms. The molecule has 0 radical (unpaired) electrons. The van der Waals surface area contributed by atoms with Crippen LogP contribution in [0.1, 0.15) is 26.2 Å². The van der Waals surface area contributed by atoms with Gasteiger partial charge >= 0.3 is 0 Å². The van der Waals surface area contributed by atoms with Crippen LogP contribution in [0.2, 0.25) is 0 Å². The first-order valence-corrected chi connectivity index (χ1v) is 5.48. The second kappa shape index (κ2) is 3.79. The molecule has 0 saturated carbocycles. The van der Waals surface area contributed by atoms with E-state index in [4.69, 9.17) is 9.47 Å². The second-order valence-electron chi connectivity index (χ2n) is 4.58. The van der Waals surface area contributed by atoms with Crippen molar-refractivity contribution in [2.24, 2.45) is 5.41 Å². The molecule has 2 rings (SSSR count). The lowest BCUT2D eigenvalue weighted by atomic mass is 9.74. The normalized spacial score (nSPS) is 42.1. The zero-order valence-electron chi connectivity index (χ0n) is 9.56. The fourth-order valence-electron chi connectivity index (χ4n) is 2.56. The smallest absolute Gasteiger partial charge is 0.201 e. The van der Waals surface area contributed by atoms with Gasteiger partial charge in [0.1, 0.15) is 6.29 Å². The van der Waals surface area contributed by atoms with Gasteiger partial charge in [0.05, 0.1) is 11.5 Å². The molecule has 0 unspecified atom stereocenters. The molecule has 1 saturated heterocycles. The van der Waals surface area contributed by atoms with E-state index in [2.05, 4.69) is 0 Å². The van der Waals surface area contributed by atoms with Crippen molar-refractivity contribution in [3.05, 3.63) is 12.2 Å².